The number of carboxylic acid groups (broad SMARTS) is 1. The minimum Gasteiger partial charge on any atom is -0.481 e. The van der Waals surface area contributed by atoms with E-state index in [0.717, 1.165) is 0 Å². The van der Waals surface area contributed by atoms with Gasteiger partial charge < -0.3 is 9.84 Å². The Hall–Kier alpha value is -1.73. The first-order valence-electron chi connectivity index (χ1n) is 6.12. The number of ether oxygens (including phenoxy) is 1. The molecule has 0 unspecified atom stereocenters. The third-order valence-corrected chi connectivity index (χ3v) is 3.11. The van der Waals surface area contributed by atoms with Crippen LogP contribution in [-0.2, 0) is 9.53 Å². The van der Waals surface area contributed by atoms with Crippen LogP contribution in [0.3, 0.4) is 0 Å². The molecule has 0 saturated carbocycles. The number of carbonyl (C=O) groups is 2. The highest BCUT2D eigenvalue weighted by atomic mass is 19.4. The van der Waals surface area contributed by atoms with Crippen LogP contribution >= 0.6 is 0 Å². The van der Waals surface area contributed by atoms with Crippen molar-refractivity contribution in [3.8, 4) is 0 Å². The Kier molecular flexibility index (Phi) is 5.41. The van der Waals surface area contributed by atoms with Gasteiger partial charge in [0.15, 0.2) is 0 Å². The average molecular weight is 295 g/mol. The molecule has 0 bridgehead atoms. The van der Waals surface area contributed by atoms with Crippen molar-refractivity contribution in [1.82, 2.24) is 4.90 Å². The summed E-state index contributed by atoms with van der Waals surface area (Å²) in [7, 11) is 0. The quantitative estimate of drug-likeness (QED) is 0.792. The summed E-state index contributed by atoms with van der Waals surface area (Å²) in [6.07, 6.45) is -4.82. The van der Waals surface area contributed by atoms with Crippen LogP contribution in [0.4, 0.5) is 18.0 Å². The molecule has 0 radical (unpaired) electrons. The second-order valence-corrected chi connectivity index (χ2v) is 4.49. The van der Waals surface area contributed by atoms with Crippen molar-refractivity contribution < 1.29 is 32.6 Å². The largest absolute Gasteiger partial charge is 0.481 e. The van der Waals surface area contributed by atoms with Gasteiger partial charge in [-0.3, -0.25) is 9.69 Å². The molecule has 1 aliphatic rings. The fraction of sp³-hybridized carbons (Fsp3) is 0.667. The van der Waals surface area contributed by atoms with Gasteiger partial charge >= 0.3 is 18.2 Å². The first-order valence-corrected chi connectivity index (χ1v) is 6.12. The van der Waals surface area contributed by atoms with E-state index in [1.165, 1.54) is 6.08 Å². The van der Waals surface area contributed by atoms with Crippen molar-refractivity contribution >= 4 is 12.1 Å². The lowest BCUT2D eigenvalue weighted by molar-refractivity contribution is -0.174. The highest BCUT2D eigenvalue weighted by Gasteiger charge is 2.51. The second-order valence-electron chi connectivity index (χ2n) is 4.49. The van der Waals surface area contributed by atoms with Crippen LogP contribution in [0.5, 0.6) is 0 Å². The van der Waals surface area contributed by atoms with Crippen molar-refractivity contribution in [2.45, 2.75) is 43.9 Å². The molecule has 0 aromatic heterocycles. The van der Waals surface area contributed by atoms with E-state index in [4.69, 9.17) is 5.11 Å². The summed E-state index contributed by atoms with van der Waals surface area (Å²) in [6, 6.07) is -2.69. The minimum atomic E-state index is -4.55. The van der Waals surface area contributed by atoms with E-state index in [-0.39, 0.29) is 32.3 Å². The molecule has 0 spiro atoms. The molecule has 20 heavy (non-hydrogen) atoms. The molecule has 0 aliphatic carbocycles. The normalized spacial score (nSPS) is 22.6. The van der Waals surface area contributed by atoms with Gasteiger partial charge in [0.05, 0.1) is 0 Å². The highest BCUT2D eigenvalue weighted by molar-refractivity contribution is 5.70. The van der Waals surface area contributed by atoms with Crippen LogP contribution in [0.1, 0.15) is 25.7 Å². The zero-order valence-electron chi connectivity index (χ0n) is 10.7. The van der Waals surface area contributed by atoms with E-state index in [0.29, 0.717) is 4.90 Å². The fourth-order valence-corrected chi connectivity index (χ4v) is 2.26. The predicted molar refractivity (Wildman–Crippen MR) is 63.1 cm³/mol. The van der Waals surface area contributed by atoms with Crippen LogP contribution < -0.4 is 0 Å². The summed E-state index contributed by atoms with van der Waals surface area (Å²) in [4.78, 5) is 22.9. The average Bonchev–Trinajstić information content (AvgIpc) is 2.77. The number of nitrogens with zero attached hydrogens (tertiary/aromatic N) is 1. The summed E-state index contributed by atoms with van der Waals surface area (Å²) < 4.78 is 43.3. The van der Waals surface area contributed by atoms with Gasteiger partial charge in [0.1, 0.15) is 12.6 Å². The van der Waals surface area contributed by atoms with Crippen molar-refractivity contribution in [2.75, 3.05) is 6.61 Å². The highest BCUT2D eigenvalue weighted by Crippen LogP contribution is 2.37. The van der Waals surface area contributed by atoms with E-state index < -0.39 is 30.3 Å². The Balaban J connectivity index is 2.81. The molecule has 1 rings (SSSR count). The Morgan fingerprint density at radius 2 is 2.05 bits per heavy atom. The molecular formula is C12H16F3NO4. The monoisotopic (exact) mass is 295 g/mol. The number of aliphatic carboxylic acids is 1. The van der Waals surface area contributed by atoms with Crippen LogP contribution in [0.2, 0.25) is 0 Å². The van der Waals surface area contributed by atoms with E-state index in [1.807, 2.05) is 0 Å². The second kappa shape index (κ2) is 6.62. The van der Waals surface area contributed by atoms with Gasteiger partial charge in [-0.05, 0) is 19.3 Å². The molecule has 1 N–H and O–H groups in total. The number of carboxylic acids is 1. The van der Waals surface area contributed by atoms with Crippen molar-refractivity contribution in [3.63, 3.8) is 0 Å². The topological polar surface area (TPSA) is 66.8 Å². The molecule has 1 heterocycles. The Morgan fingerprint density at radius 1 is 1.40 bits per heavy atom. The summed E-state index contributed by atoms with van der Waals surface area (Å²) in [5.41, 5.74) is 0. The first kappa shape index (κ1) is 16.3. The lowest BCUT2D eigenvalue weighted by Crippen LogP contribution is -2.48. The van der Waals surface area contributed by atoms with Crippen LogP contribution in [-0.4, -0.2) is 46.9 Å². The molecule has 8 heteroatoms. The van der Waals surface area contributed by atoms with E-state index in [1.54, 1.807) is 0 Å². The number of carbonyl (C=O) groups excluding carboxylic acids is 1. The van der Waals surface area contributed by atoms with Gasteiger partial charge in [0.2, 0.25) is 0 Å². The van der Waals surface area contributed by atoms with E-state index in [2.05, 4.69) is 11.3 Å². The summed E-state index contributed by atoms with van der Waals surface area (Å²) in [6.45, 7) is 3.12. The third-order valence-electron chi connectivity index (χ3n) is 3.11. The molecule has 1 aliphatic heterocycles. The predicted octanol–water partition coefficient (Wildman–Crippen LogP) is 2.57. The SMILES string of the molecule is C=CCOC(=O)N1[C@@H](CCC(=O)O)CC[C@H]1C(F)(F)F. The summed E-state index contributed by atoms with van der Waals surface area (Å²) in [5, 5.41) is 8.60. The van der Waals surface area contributed by atoms with Gasteiger partial charge in [-0.2, -0.15) is 13.2 Å². The maximum atomic E-state index is 12.9. The zero-order valence-corrected chi connectivity index (χ0v) is 10.7. The van der Waals surface area contributed by atoms with Crippen molar-refractivity contribution in [1.29, 1.82) is 0 Å². The Bertz CT molecular complexity index is 383. The molecule has 5 nitrogen and oxygen atoms in total. The fourth-order valence-electron chi connectivity index (χ4n) is 2.26. The zero-order chi connectivity index (χ0) is 15.3. The van der Waals surface area contributed by atoms with Gasteiger partial charge in [-0.1, -0.05) is 12.7 Å². The summed E-state index contributed by atoms with van der Waals surface area (Å²) in [5.74, 6) is -1.11. The van der Waals surface area contributed by atoms with E-state index >= 15 is 0 Å². The molecule has 1 fully saturated rings. The molecule has 1 saturated heterocycles. The number of hydrogen-bond acceptors (Lipinski definition) is 3. The Labute approximate surface area is 114 Å². The summed E-state index contributed by atoms with van der Waals surface area (Å²) >= 11 is 0. The van der Waals surface area contributed by atoms with Gasteiger partial charge in [-0.25, -0.2) is 4.79 Å². The third kappa shape index (κ3) is 4.14. The standard InChI is InChI=1S/C12H16F3NO4/c1-2-7-20-11(19)16-8(4-6-10(17)18)3-5-9(16)12(13,14)15/h2,8-9H,1,3-7H2,(H,17,18)/t8-,9+/m1/s1. The maximum Gasteiger partial charge on any atom is 0.410 e. The smallest absolute Gasteiger partial charge is 0.410 e. The Morgan fingerprint density at radius 3 is 2.55 bits per heavy atom. The lowest BCUT2D eigenvalue weighted by Gasteiger charge is -2.30. The number of amides is 1. The lowest BCUT2D eigenvalue weighted by atomic mass is 10.1. The van der Waals surface area contributed by atoms with E-state index in [9.17, 15) is 22.8 Å². The number of alkyl halides is 3. The first-order chi connectivity index (χ1) is 9.27. The maximum absolute atomic E-state index is 12.9. The van der Waals surface area contributed by atoms with Crippen LogP contribution in [0, 0.1) is 0 Å². The number of rotatable bonds is 5. The molecule has 0 aromatic rings. The number of likely N-dealkylation sites (tertiary alicyclic amines) is 1. The van der Waals surface area contributed by atoms with Gasteiger partial charge in [-0.15, -0.1) is 0 Å². The molecular weight excluding hydrogens is 279 g/mol. The number of halogens is 3. The van der Waals surface area contributed by atoms with Crippen molar-refractivity contribution in [3.05, 3.63) is 12.7 Å². The van der Waals surface area contributed by atoms with Crippen LogP contribution in [0.25, 0.3) is 0 Å². The molecule has 114 valence electrons. The van der Waals surface area contributed by atoms with Gasteiger partial charge in [0.25, 0.3) is 0 Å². The van der Waals surface area contributed by atoms with Gasteiger partial charge in [0, 0.05) is 12.5 Å². The molecule has 1 amide bonds. The minimum absolute atomic E-state index is 0.0227. The number of hydrogen-bond donors (Lipinski definition) is 1. The molecule has 0 aromatic carbocycles. The van der Waals surface area contributed by atoms with Crippen LogP contribution in [0.15, 0.2) is 12.7 Å². The molecule has 2 atom stereocenters. The van der Waals surface area contributed by atoms with Crippen molar-refractivity contribution in [2.24, 2.45) is 0 Å².